The number of halogens is 2. The number of ether oxygens (including phenoxy) is 1. The standard InChI is InChI=1S/C7H7FINO/c1-11-6-4-2-3-5(10-9)7(6)8/h2-4,10H,1H3. The van der Waals surface area contributed by atoms with Gasteiger partial charge in [-0.3, -0.25) is 0 Å². The highest BCUT2D eigenvalue weighted by atomic mass is 127. The van der Waals surface area contributed by atoms with Crippen LogP contribution in [0.15, 0.2) is 18.2 Å². The summed E-state index contributed by atoms with van der Waals surface area (Å²) in [5.74, 6) is -0.101. The first-order chi connectivity index (χ1) is 5.29. The zero-order valence-electron chi connectivity index (χ0n) is 5.90. The smallest absolute Gasteiger partial charge is 0.188 e. The summed E-state index contributed by atoms with van der Waals surface area (Å²) < 4.78 is 20.5. The second-order valence-electron chi connectivity index (χ2n) is 1.92. The summed E-state index contributed by atoms with van der Waals surface area (Å²) in [5, 5.41) is 0. The molecule has 0 heterocycles. The van der Waals surface area contributed by atoms with Crippen molar-refractivity contribution in [3.63, 3.8) is 0 Å². The van der Waals surface area contributed by atoms with Crippen LogP contribution in [0.2, 0.25) is 0 Å². The van der Waals surface area contributed by atoms with Crippen molar-refractivity contribution in [3.05, 3.63) is 24.0 Å². The summed E-state index contributed by atoms with van der Waals surface area (Å²) in [6, 6.07) is 4.94. The van der Waals surface area contributed by atoms with Gasteiger partial charge in [0.2, 0.25) is 0 Å². The molecule has 0 saturated carbocycles. The predicted octanol–water partition coefficient (Wildman–Crippen LogP) is 2.60. The first-order valence-electron chi connectivity index (χ1n) is 2.98. The summed E-state index contributed by atoms with van der Waals surface area (Å²) in [7, 11) is 1.44. The number of benzene rings is 1. The number of nitrogens with one attached hydrogen (secondary N) is 1. The average molecular weight is 267 g/mol. The molecule has 0 aliphatic rings. The van der Waals surface area contributed by atoms with Crippen LogP contribution in [0.5, 0.6) is 5.75 Å². The fraction of sp³-hybridized carbons (Fsp3) is 0.143. The third-order valence-corrected chi connectivity index (χ3v) is 1.87. The van der Waals surface area contributed by atoms with Gasteiger partial charge in [-0.05, 0) is 12.1 Å². The van der Waals surface area contributed by atoms with Crippen LogP contribution in [0.3, 0.4) is 0 Å². The number of methoxy groups -OCH3 is 1. The molecule has 0 fully saturated rings. The van der Waals surface area contributed by atoms with Crippen molar-refractivity contribution in [2.24, 2.45) is 0 Å². The van der Waals surface area contributed by atoms with Gasteiger partial charge < -0.3 is 8.27 Å². The predicted molar refractivity (Wildman–Crippen MR) is 50.6 cm³/mol. The molecule has 0 radical (unpaired) electrons. The SMILES string of the molecule is COc1cccc(NI)c1F. The number of hydrogen-bond donors (Lipinski definition) is 1. The van der Waals surface area contributed by atoms with Crippen LogP contribution in [-0.4, -0.2) is 7.11 Å². The third kappa shape index (κ3) is 1.74. The largest absolute Gasteiger partial charge is 0.494 e. The monoisotopic (exact) mass is 267 g/mol. The Morgan fingerprint density at radius 2 is 2.27 bits per heavy atom. The Bertz CT molecular complexity index is 232. The van der Waals surface area contributed by atoms with Crippen molar-refractivity contribution in [3.8, 4) is 5.75 Å². The van der Waals surface area contributed by atoms with Crippen LogP contribution in [0.25, 0.3) is 0 Å². The second kappa shape index (κ2) is 3.75. The summed E-state index contributed by atoms with van der Waals surface area (Å²) in [4.78, 5) is 0. The molecule has 1 rings (SSSR count). The second-order valence-corrected chi connectivity index (χ2v) is 2.46. The first kappa shape index (κ1) is 8.58. The zero-order chi connectivity index (χ0) is 8.27. The number of rotatable bonds is 2. The van der Waals surface area contributed by atoms with Gasteiger partial charge in [0.05, 0.1) is 35.7 Å². The lowest BCUT2D eigenvalue weighted by atomic mass is 10.3. The molecule has 0 unspecified atom stereocenters. The van der Waals surface area contributed by atoms with E-state index >= 15 is 0 Å². The zero-order valence-corrected chi connectivity index (χ0v) is 8.05. The molecule has 0 saturated heterocycles. The van der Waals surface area contributed by atoms with Gasteiger partial charge in [0, 0.05) is 0 Å². The normalized spacial score (nSPS) is 9.36. The van der Waals surface area contributed by atoms with Gasteiger partial charge >= 0.3 is 0 Å². The van der Waals surface area contributed by atoms with E-state index in [4.69, 9.17) is 4.74 Å². The topological polar surface area (TPSA) is 21.3 Å². The van der Waals surface area contributed by atoms with Gasteiger partial charge in [-0.2, -0.15) is 0 Å². The maximum Gasteiger partial charge on any atom is 0.188 e. The molecule has 0 spiro atoms. The van der Waals surface area contributed by atoms with E-state index in [2.05, 4.69) is 3.53 Å². The molecule has 0 aromatic heterocycles. The molecule has 0 atom stereocenters. The van der Waals surface area contributed by atoms with Crippen molar-refractivity contribution in [2.45, 2.75) is 0 Å². The Morgan fingerprint density at radius 3 is 2.82 bits per heavy atom. The van der Waals surface area contributed by atoms with Crippen molar-refractivity contribution in [1.82, 2.24) is 0 Å². The summed E-state index contributed by atoms with van der Waals surface area (Å²) in [5.41, 5.74) is 0.435. The van der Waals surface area contributed by atoms with E-state index in [-0.39, 0.29) is 11.6 Å². The van der Waals surface area contributed by atoms with Gasteiger partial charge in [0.15, 0.2) is 11.6 Å². The van der Waals surface area contributed by atoms with E-state index in [1.165, 1.54) is 7.11 Å². The first-order valence-corrected chi connectivity index (χ1v) is 4.06. The van der Waals surface area contributed by atoms with Crippen LogP contribution in [-0.2, 0) is 0 Å². The molecule has 0 aliphatic carbocycles. The third-order valence-electron chi connectivity index (χ3n) is 1.29. The van der Waals surface area contributed by atoms with Crippen molar-refractivity contribution < 1.29 is 9.13 Å². The molecule has 1 aromatic carbocycles. The molecule has 0 amide bonds. The van der Waals surface area contributed by atoms with Crippen LogP contribution in [0.1, 0.15) is 0 Å². The maximum absolute atomic E-state index is 13.1. The molecule has 0 bridgehead atoms. The van der Waals surface area contributed by atoms with E-state index in [0.29, 0.717) is 5.69 Å². The van der Waals surface area contributed by atoms with Crippen LogP contribution < -0.4 is 8.27 Å². The van der Waals surface area contributed by atoms with E-state index in [1.807, 2.05) is 22.9 Å². The molecular weight excluding hydrogens is 260 g/mol. The Hall–Kier alpha value is -0.520. The minimum atomic E-state index is -0.357. The summed E-state index contributed by atoms with van der Waals surface area (Å²) >= 11 is 1.87. The van der Waals surface area contributed by atoms with Crippen LogP contribution in [0, 0.1) is 5.82 Å². The van der Waals surface area contributed by atoms with Crippen LogP contribution in [0.4, 0.5) is 10.1 Å². The average Bonchev–Trinajstić information content (AvgIpc) is 2.05. The lowest BCUT2D eigenvalue weighted by Gasteiger charge is -2.04. The quantitative estimate of drug-likeness (QED) is 0.657. The van der Waals surface area contributed by atoms with Gasteiger partial charge in [-0.1, -0.05) is 6.07 Å². The molecule has 2 nitrogen and oxygen atoms in total. The molecule has 1 aromatic rings. The Morgan fingerprint density at radius 1 is 1.55 bits per heavy atom. The summed E-state index contributed by atoms with van der Waals surface area (Å²) in [6.07, 6.45) is 0. The minimum absolute atomic E-state index is 0.256. The Balaban J connectivity index is 3.10. The Labute approximate surface area is 78.2 Å². The summed E-state index contributed by atoms with van der Waals surface area (Å²) in [6.45, 7) is 0. The van der Waals surface area contributed by atoms with Crippen molar-refractivity contribution in [2.75, 3.05) is 10.6 Å². The fourth-order valence-corrected chi connectivity index (χ4v) is 1.16. The molecule has 4 heteroatoms. The van der Waals surface area contributed by atoms with E-state index in [1.54, 1.807) is 18.2 Å². The molecule has 11 heavy (non-hydrogen) atoms. The van der Waals surface area contributed by atoms with E-state index in [9.17, 15) is 4.39 Å². The van der Waals surface area contributed by atoms with Gasteiger partial charge in [0.1, 0.15) is 0 Å². The van der Waals surface area contributed by atoms with Gasteiger partial charge in [-0.25, -0.2) is 4.39 Å². The maximum atomic E-state index is 13.1. The minimum Gasteiger partial charge on any atom is -0.494 e. The lowest BCUT2D eigenvalue weighted by molar-refractivity contribution is 0.387. The number of hydrogen-bond acceptors (Lipinski definition) is 2. The highest BCUT2D eigenvalue weighted by molar-refractivity contribution is 14.1. The Kier molecular flexibility index (Phi) is 2.92. The van der Waals surface area contributed by atoms with Gasteiger partial charge in [0.25, 0.3) is 0 Å². The van der Waals surface area contributed by atoms with E-state index in [0.717, 1.165) is 0 Å². The molecule has 0 aliphatic heterocycles. The molecule has 1 N–H and O–H groups in total. The lowest BCUT2D eigenvalue weighted by Crippen LogP contribution is -1.91. The number of anilines is 1. The molecular formula is C7H7FINO. The molecule has 60 valence electrons. The van der Waals surface area contributed by atoms with Crippen molar-refractivity contribution in [1.29, 1.82) is 0 Å². The van der Waals surface area contributed by atoms with Crippen molar-refractivity contribution >= 4 is 28.6 Å². The van der Waals surface area contributed by atoms with Crippen LogP contribution >= 0.6 is 22.9 Å². The fourth-order valence-electron chi connectivity index (χ4n) is 0.741. The highest BCUT2D eigenvalue weighted by Crippen LogP contribution is 2.24. The van der Waals surface area contributed by atoms with Gasteiger partial charge in [-0.15, -0.1) is 0 Å². The van der Waals surface area contributed by atoms with E-state index < -0.39 is 0 Å². The highest BCUT2D eigenvalue weighted by Gasteiger charge is 2.05.